The molecular formula is C53H103NO5. The highest BCUT2D eigenvalue weighted by Gasteiger charge is 2.20. The van der Waals surface area contributed by atoms with E-state index in [1.807, 2.05) is 0 Å². The number of esters is 1. The Balaban J connectivity index is 3.40. The van der Waals surface area contributed by atoms with E-state index in [2.05, 4.69) is 31.3 Å². The minimum atomic E-state index is -0.669. The van der Waals surface area contributed by atoms with Crippen LogP contribution in [0.2, 0.25) is 0 Å². The third kappa shape index (κ3) is 45.9. The average Bonchev–Trinajstić information content (AvgIpc) is 3.24. The molecule has 0 saturated carbocycles. The largest absolute Gasteiger partial charge is 0.466 e. The number of allylic oxidation sites excluding steroid dienone is 2. The van der Waals surface area contributed by atoms with Crippen LogP contribution in [-0.4, -0.2) is 47.4 Å². The van der Waals surface area contributed by atoms with Crippen molar-refractivity contribution in [1.82, 2.24) is 5.32 Å². The summed E-state index contributed by atoms with van der Waals surface area (Å²) < 4.78 is 5.47. The highest BCUT2D eigenvalue weighted by molar-refractivity contribution is 5.76. The zero-order valence-corrected chi connectivity index (χ0v) is 39.7. The third-order valence-electron chi connectivity index (χ3n) is 12.3. The van der Waals surface area contributed by atoms with E-state index in [1.54, 1.807) is 0 Å². The van der Waals surface area contributed by atoms with Crippen molar-refractivity contribution in [3.8, 4) is 0 Å². The summed E-state index contributed by atoms with van der Waals surface area (Å²) in [4.78, 5) is 24.4. The molecule has 0 heterocycles. The predicted octanol–water partition coefficient (Wildman–Crippen LogP) is 15.7. The maximum atomic E-state index is 12.4. The highest BCUT2D eigenvalue weighted by Crippen LogP contribution is 2.16. The van der Waals surface area contributed by atoms with Crippen LogP contribution in [-0.2, 0) is 14.3 Å². The lowest BCUT2D eigenvalue weighted by Gasteiger charge is -2.22. The number of carbonyl (C=O) groups excluding carboxylic acids is 2. The van der Waals surface area contributed by atoms with Gasteiger partial charge in [-0.05, 0) is 51.4 Å². The summed E-state index contributed by atoms with van der Waals surface area (Å²) in [6, 6.07) is -0.548. The van der Waals surface area contributed by atoms with E-state index in [4.69, 9.17) is 4.74 Å². The number of nitrogens with one attached hydrogen (secondary N) is 1. The molecule has 0 saturated heterocycles. The predicted molar refractivity (Wildman–Crippen MR) is 255 cm³/mol. The second kappa shape index (κ2) is 49.3. The summed E-state index contributed by atoms with van der Waals surface area (Å²) >= 11 is 0. The van der Waals surface area contributed by atoms with Crippen LogP contribution in [0.1, 0.15) is 290 Å². The highest BCUT2D eigenvalue weighted by atomic mass is 16.5. The number of aliphatic hydroxyl groups excluding tert-OH is 2. The van der Waals surface area contributed by atoms with Crippen molar-refractivity contribution in [2.45, 2.75) is 302 Å². The molecule has 0 bridgehead atoms. The Hall–Kier alpha value is -1.40. The summed E-state index contributed by atoms with van der Waals surface area (Å²) in [6.07, 6.45) is 56.2. The van der Waals surface area contributed by atoms with Crippen LogP contribution in [0.25, 0.3) is 0 Å². The molecule has 0 aromatic rings. The minimum Gasteiger partial charge on any atom is -0.466 e. The molecule has 0 aromatic carbocycles. The van der Waals surface area contributed by atoms with E-state index in [-0.39, 0.29) is 18.5 Å². The smallest absolute Gasteiger partial charge is 0.305 e. The Morgan fingerprint density at radius 3 is 1.20 bits per heavy atom. The van der Waals surface area contributed by atoms with Gasteiger partial charge in [-0.2, -0.15) is 0 Å². The van der Waals surface area contributed by atoms with E-state index in [0.717, 1.165) is 51.4 Å². The topological polar surface area (TPSA) is 95.9 Å². The summed E-state index contributed by atoms with van der Waals surface area (Å²) in [5.74, 6) is -0.0455. The molecule has 6 nitrogen and oxygen atoms in total. The molecular weight excluding hydrogens is 731 g/mol. The van der Waals surface area contributed by atoms with Crippen molar-refractivity contribution in [3.05, 3.63) is 12.2 Å². The normalized spacial score (nSPS) is 12.7. The van der Waals surface area contributed by atoms with E-state index in [1.165, 1.54) is 205 Å². The van der Waals surface area contributed by atoms with E-state index >= 15 is 0 Å². The van der Waals surface area contributed by atoms with E-state index < -0.39 is 12.1 Å². The fourth-order valence-corrected chi connectivity index (χ4v) is 8.22. The molecule has 0 aliphatic carbocycles. The van der Waals surface area contributed by atoms with Gasteiger partial charge in [0.05, 0.1) is 25.4 Å². The number of amides is 1. The van der Waals surface area contributed by atoms with Gasteiger partial charge in [0.15, 0.2) is 0 Å². The molecule has 0 aliphatic heterocycles. The van der Waals surface area contributed by atoms with Crippen molar-refractivity contribution >= 4 is 11.9 Å². The van der Waals surface area contributed by atoms with Crippen LogP contribution in [0, 0.1) is 0 Å². The van der Waals surface area contributed by atoms with Crippen LogP contribution >= 0.6 is 0 Å². The molecule has 350 valence electrons. The number of rotatable bonds is 49. The van der Waals surface area contributed by atoms with Gasteiger partial charge in [-0.25, -0.2) is 0 Å². The molecule has 0 rings (SSSR count). The Morgan fingerprint density at radius 1 is 0.458 bits per heavy atom. The van der Waals surface area contributed by atoms with Gasteiger partial charge in [0.25, 0.3) is 0 Å². The summed E-state index contributed by atoms with van der Waals surface area (Å²) in [5.41, 5.74) is 0. The van der Waals surface area contributed by atoms with Crippen molar-refractivity contribution in [2.75, 3.05) is 13.2 Å². The lowest BCUT2D eigenvalue weighted by atomic mass is 10.0. The quantitative estimate of drug-likeness (QED) is 0.0322. The van der Waals surface area contributed by atoms with Crippen LogP contribution in [0.5, 0.6) is 0 Å². The minimum absolute atomic E-state index is 0.00574. The third-order valence-corrected chi connectivity index (χ3v) is 12.3. The molecule has 2 unspecified atom stereocenters. The van der Waals surface area contributed by atoms with Crippen molar-refractivity contribution in [3.63, 3.8) is 0 Å². The first-order valence-corrected chi connectivity index (χ1v) is 26.4. The average molecular weight is 834 g/mol. The Kier molecular flexibility index (Phi) is 48.1. The molecule has 6 heteroatoms. The molecule has 59 heavy (non-hydrogen) atoms. The first kappa shape index (κ1) is 57.6. The zero-order valence-electron chi connectivity index (χ0n) is 39.7. The lowest BCUT2D eigenvalue weighted by molar-refractivity contribution is -0.143. The molecule has 0 aliphatic rings. The molecule has 3 N–H and O–H groups in total. The molecule has 0 fully saturated rings. The van der Waals surface area contributed by atoms with Gasteiger partial charge in [0.1, 0.15) is 0 Å². The van der Waals surface area contributed by atoms with Crippen molar-refractivity contribution < 1.29 is 24.5 Å². The fraction of sp³-hybridized carbons (Fsp3) is 0.925. The van der Waals surface area contributed by atoms with Gasteiger partial charge in [-0.1, -0.05) is 238 Å². The summed E-state index contributed by atoms with van der Waals surface area (Å²) in [6.45, 7) is 4.92. The first-order chi connectivity index (χ1) is 29.0. The number of hydrogen-bond acceptors (Lipinski definition) is 5. The SMILES string of the molecule is CCCCCCCCCCCCCCCCCC(=O)OCCCCCCCCCCC/C=C\CCCCCCCC(=O)NC(CO)C(O)CCCCCCCCCCC. The molecule has 2 atom stereocenters. The van der Waals surface area contributed by atoms with Gasteiger partial charge in [0.2, 0.25) is 5.91 Å². The second-order valence-corrected chi connectivity index (χ2v) is 18.2. The molecule has 0 radical (unpaired) electrons. The second-order valence-electron chi connectivity index (χ2n) is 18.2. The first-order valence-electron chi connectivity index (χ1n) is 26.4. The van der Waals surface area contributed by atoms with Crippen LogP contribution < -0.4 is 5.32 Å². The molecule has 0 spiro atoms. The summed E-state index contributed by atoms with van der Waals surface area (Å²) in [5, 5.41) is 23.0. The maximum absolute atomic E-state index is 12.4. The van der Waals surface area contributed by atoms with Gasteiger partial charge >= 0.3 is 5.97 Å². The number of unbranched alkanes of at least 4 members (excludes halogenated alkanes) is 36. The van der Waals surface area contributed by atoms with E-state index in [9.17, 15) is 19.8 Å². The zero-order chi connectivity index (χ0) is 43.0. The van der Waals surface area contributed by atoms with Crippen LogP contribution in [0.15, 0.2) is 12.2 Å². The van der Waals surface area contributed by atoms with E-state index in [0.29, 0.717) is 25.9 Å². The number of aliphatic hydroxyl groups is 2. The Labute approximate surface area is 368 Å². The maximum Gasteiger partial charge on any atom is 0.305 e. The summed E-state index contributed by atoms with van der Waals surface area (Å²) in [7, 11) is 0. The van der Waals surface area contributed by atoms with Gasteiger partial charge < -0.3 is 20.3 Å². The Bertz CT molecular complexity index is 878. The van der Waals surface area contributed by atoms with Crippen LogP contribution in [0.3, 0.4) is 0 Å². The van der Waals surface area contributed by atoms with Crippen LogP contribution in [0.4, 0.5) is 0 Å². The van der Waals surface area contributed by atoms with Gasteiger partial charge in [-0.15, -0.1) is 0 Å². The van der Waals surface area contributed by atoms with Gasteiger partial charge in [0, 0.05) is 12.8 Å². The lowest BCUT2D eigenvalue weighted by Crippen LogP contribution is -2.45. The Morgan fingerprint density at radius 2 is 0.797 bits per heavy atom. The number of hydrogen-bond donors (Lipinski definition) is 3. The van der Waals surface area contributed by atoms with Gasteiger partial charge in [-0.3, -0.25) is 9.59 Å². The van der Waals surface area contributed by atoms with Crippen molar-refractivity contribution in [2.24, 2.45) is 0 Å². The molecule has 0 aromatic heterocycles. The fourth-order valence-electron chi connectivity index (χ4n) is 8.22. The molecule has 1 amide bonds. The standard InChI is InChI=1S/C53H103NO5/c1-3-5-7-9-11-13-14-15-20-24-27-31-35-39-43-47-53(58)59-48-44-40-36-32-28-25-22-19-17-16-18-21-23-26-30-34-38-42-46-52(57)54-50(49-55)51(56)45-41-37-33-29-12-10-8-6-4-2/h18,21,50-51,55-56H,3-17,19-20,22-49H2,1-2H3,(H,54,57)/b21-18-. The monoisotopic (exact) mass is 834 g/mol. The number of carbonyl (C=O) groups is 2. The van der Waals surface area contributed by atoms with Crippen molar-refractivity contribution in [1.29, 1.82) is 0 Å². The number of ether oxygens (including phenoxy) is 1.